The lowest BCUT2D eigenvalue weighted by atomic mass is 10.1. The maximum Gasteiger partial charge on any atom is 0.120 e. The van der Waals surface area contributed by atoms with Crippen molar-refractivity contribution >= 4 is 0 Å². The molecule has 3 nitrogen and oxygen atoms in total. The zero-order valence-corrected chi connectivity index (χ0v) is 11.4. The van der Waals surface area contributed by atoms with Gasteiger partial charge in [-0.25, -0.2) is 0 Å². The van der Waals surface area contributed by atoms with Crippen molar-refractivity contribution in [1.82, 2.24) is 9.88 Å². The number of nitrogens with zero attached hydrogens (tertiary/aromatic N) is 2. The van der Waals surface area contributed by atoms with E-state index in [2.05, 4.69) is 35.0 Å². The van der Waals surface area contributed by atoms with Crippen molar-refractivity contribution < 1.29 is 4.42 Å². The lowest BCUT2D eigenvalue weighted by molar-refractivity contribution is 0.218. The standard InChI is InChI=1S/C16H20N2O/c1-2-13-7-8-14(17-11-13)12-18-9-3-5-15(18)16-6-4-10-19-16/h4,6-8,10-11,15H,2-3,5,9,12H2,1H3/t15-/m1/s1. The van der Waals surface area contributed by atoms with Crippen LogP contribution in [-0.4, -0.2) is 16.4 Å². The Morgan fingerprint density at radius 2 is 2.32 bits per heavy atom. The quantitative estimate of drug-likeness (QED) is 0.837. The predicted molar refractivity (Wildman–Crippen MR) is 74.7 cm³/mol. The third-order valence-corrected chi connectivity index (χ3v) is 3.89. The van der Waals surface area contributed by atoms with Gasteiger partial charge in [-0.15, -0.1) is 0 Å². The summed E-state index contributed by atoms with van der Waals surface area (Å²) in [5, 5.41) is 0. The molecule has 0 aromatic carbocycles. The molecule has 2 aromatic heterocycles. The maximum atomic E-state index is 5.56. The average molecular weight is 256 g/mol. The number of likely N-dealkylation sites (tertiary alicyclic amines) is 1. The molecule has 2 aromatic rings. The minimum atomic E-state index is 0.419. The normalized spacial score (nSPS) is 19.9. The van der Waals surface area contributed by atoms with Crippen LogP contribution < -0.4 is 0 Å². The zero-order chi connectivity index (χ0) is 13.1. The highest BCUT2D eigenvalue weighted by atomic mass is 16.3. The molecule has 1 atom stereocenters. The summed E-state index contributed by atoms with van der Waals surface area (Å²) in [5.74, 6) is 1.09. The first-order chi connectivity index (χ1) is 9.36. The Hall–Kier alpha value is -1.61. The molecule has 0 aliphatic carbocycles. The second-order valence-corrected chi connectivity index (χ2v) is 5.16. The molecular formula is C16H20N2O. The van der Waals surface area contributed by atoms with E-state index in [1.807, 2.05) is 12.3 Å². The Morgan fingerprint density at radius 3 is 3.00 bits per heavy atom. The van der Waals surface area contributed by atoms with Gasteiger partial charge in [0.2, 0.25) is 0 Å². The summed E-state index contributed by atoms with van der Waals surface area (Å²) in [6, 6.07) is 8.80. The van der Waals surface area contributed by atoms with Gasteiger partial charge in [-0.2, -0.15) is 0 Å². The maximum absolute atomic E-state index is 5.56. The van der Waals surface area contributed by atoms with Gasteiger partial charge in [0.05, 0.1) is 18.0 Å². The third-order valence-electron chi connectivity index (χ3n) is 3.89. The average Bonchev–Trinajstić information content (AvgIpc) is 3.10. The first-order valence-corrected chi connectivity index (χ1v) is 7.08. The number of aromatic nitrogens is 1. The van der Waals surface area contributed by atoms with E-state index in [4.69, 9.17) is 4.42 Å². The van der Waals surface area contributed by atoms with E-state index in [9.17, 15) is 0 Å². The monoisotopic (exact) mass is 256 g/mol. The molecule has 0 unspecified atom stereocenters. The molecule has 1 aliphatic rings. The van der Waals surface area contributed by atoms with Crippen LogP contribution in [-0.2, 0) is 13.0 Å². The van der Waals surface area contributed by atoms with Gasteiger partial charge >= 0.3 is 0 Å². The van der Waals surface area contributed by atoms with Gasteiger partial charge < -0.3 is 4.42 Å². The summed E-state index contributed by atoms with van der Waals surface area (Å²) < 4.78 is 5.56. The molecule has 0 radical (unpaired) electrons. The highest BCUT2D eigenvalue weighted by Gasteiger charge is 2.28. The minimum absolute atomic E-state index is 0.419. The Labute approximate surface area is 114 Å². The molecule has 19 heavy (non-hydrogen) atoms. The van der Waals surface area contributed by atoms with Gasteiger partial charge in [0.1, 0.15) is 5.76 Å². The number of hydrogen-bond acceptors (Lipinski definition) is 3. The predicted octanol–water partition coefficient (Wildman–Crippen LogP) is 3.57. The zero-order valence-electron chi connectivity index (χ0n) is 11.4. The molecule has 1 fully saturated rings. The van der Waals surface area contributed by atoms with Crippen molar-refractivity contribution in [2.24, 2.45) is 0 Å². The topological polar surface area (TPSA) is 29.3 Å². The fourth-order valence-corrected chi connectivity index (χ4v) is 2.78. The van der Waals surface area contributed by atoms with Gasteiger partial charge in [0.15, 0.2) is 0 Å². The summed E-state index contributed by atoms with van der Waals surface area (Å²) in [6.45, 7) is 4.20. The third kappa shape index (κ3) is 2.71. The summed E-state index contributed by atoms with van der Waals surface area (Å²) >= 11 is 0. The van der Waals surface area contributed by atoms with Gasteiger partial charge in [0, 0.05) is 12.7 Å². The van der Waals surface area contributed by atoms with Crippen molar-refractivity contribution in [3.05, 3.63) is 53.7 Å². The molecule has 1 saturated heterocycles. The van der Waals surface area contributed by atoms with Gasteiger partial charge in [-0.1, -0.05) is 13.0 Å². The molecule has 3 rings (SSSR count). The fourth-order valence-electron chi connectivity index (χ4n) is 2.78. The number of aryl methyl sites for hydroxylation is 1. The van der Waals surface area contributed by atoms with E-state index >= 15 is 0 Å². The van der Waals surface area contributed by atoms with Crippen LogP contribution in [0.5, 0.6) is 0 Å². The van der Waals surface area contributed by atoms with Crippen molar-refractivity contribution in [3.63, 3.8) is 0 Å². The van der Waals surface area contributed by atoms with Crippen LogP contribution in [0, 0.1) is 0 Å². The lowest BCUT2D eigenvalue weighted by Gasteiger charge is -2.22. The highest BCUT2D eigenvalue weighted by molar-refractivity contribution is 5.15. The Morgan fingerprint density at radius 1 is 1.37 bits per heavy atom. The molecule has 0 saturated carbocycles. The van der Waals surface area contributed by atoms with Crippen molar-refractivity contribution in [1.29, 1.82) is 0 Å². The van der Waals surface area contributed by atoms with Gasteiger partial charge in [-0.3, -0.25) is 9.88 Å². The first kappa shape index (κ1) is 12.4. The van der Waals surface area contributed by atoms with Gasteiger partial charge in [0.25, 0.3) is 0 Å². The summed E-state index contributed by atoms with van der Waals surface area (Å²) in [5.41, 5.74) is 2.45. The highest BCUT2D eigenvalue weighted by Crippen LogP contribution is 2.32. The summed E-state index contributed by atoms with van der Waals surface area (Å²) in [6.07, 6.45) is 7.22. The lowest BCUT2D eigenvalue weighted by Crippen LogP contribution is -2.23. The molecule has 0 spiro atoms. The van der Waals surface area contributed by atoms with E-state index in [1.165, 1.54) is 18.4 Å². The van der Waals surface area contributed by atoms with Crippen LogP contribution in [0.2, 0.25) is 0 Å². The SMILES string of the molecule is CCc1ccc(CN2CCC[C@@H]2c2ccco2)nc1. The van der Waals surface area contributed by atoms with Crippen LogP contribution in [0.3, 0.4) is 0 Å². The molecule has 3 heterocycles. The van der Waals surface area contributed by atoms with E-state index in [1.54, 1.807) is 6.26 Å². The Bertz CT molecular complexity index is 504. The van der Waals surface area contributed by atoms with E-state index in [0.717, 1.165) is 31.0 Å². The smallest absolute Gasteiger partial charge is 0.120 e. The number of hydrogen-bond donors (Lipinski definition) is 0. The largest absolute Gasteiger partial charge is 0.468 e. The fraction of sp³-hybridized carbons (Fsp3) is 0.438. The number of furan rings is 1. The van der Waals surface area contributed by atoms with Crippen LogP contribution in [0.25, 0.3) is 0 Å². The summed E-state index contributed by atoms with van der Waals surface area (Å²) in [7, 11) is 0. The van der Waals surface area contributed by atoms with Crippen LogP contribution in [0.15, 0.2) is 41.1 Å². The number of rotatable bonds is 4. The van der Waals surface area contributed by atoms with E-state index < -0.39 is 0 Å². The van der Waals surface area contributed by atoms with Crippen LogP contribution in [0.1, 0.15) is 42.8 Å². The molecular weight excluding hydrogens is 236 g/mol. The molecule has 3 heteroatoms. The molecule has 0 amide bonds. The summed E-state index contributed by atoms with van der Waals surface area (Å²) in [4.78, 5) is 7.02. The van der Waals surface area contributed by atoms with Crippen molar-refractivity contribution in [2.75, 3.05) is 6.54 Å². The number of pyridine rings is 1. The molecule has 0 N–H and O–H groups in total. The van der Waals surface area contributed by atoms with Crippen molar-refractivity contribution in [2.45, 2.75) is 38.8 Å². The van der Waals surface area contributed by atoms with Gasteiger partial charge in [-0.05, 0) is 49.6 Å². The van der Waals surface area contributed by atoms with E-state index in [-0.39, 0.29) is 0 Å². The first-order valence-electron chi connectivity index (χ1n) is 7.08. The van der Waals surface area contributed by atoms with Crippen molar-refractivity contribution in [3.8, 4) is 0 Å². The minimum Gasteiger partial charge on any atom is -0.468 e. The Kier molecular flexibility index (Phi) is 3.65. The van der Waals surface area contributed by atoms with E-state index in [0.29, 0.717) is 6.04 Å². The van der Waals surface area contributed by atoms with Crippen LogP contribution in [0.4, 0.5) is 0 Å². The van der Waals surface area contributed by atoms with Crippen LogP contribution >= 0.6 is 0 Å². The second kappa shape index (κ2) is 5.57. The molecule has 0 bridgehead atoms. The molecule has 100 valence electrons. The Balaban J connectivity index is 1.71. The second-order valence-electron chi connectivity index (χ2n) is 5.16. The molecule has 1 aliphatic heterocycles.